The zero-order chi connectivity index (χ0) is 27.8. The van der Waals surface area contributed by atoms with Crippen molar-refractivity contribution in [2.24, 2.45) is 0 Å². The van der Waals surface area contributed by atoms with Crippen molar-refractivity contribution in [1.29, 1.82) is 0 Å². The highest BCUT2D eigenvalue weighted by Crippen LogP contribution is 2.66. The van der Waals surface area contributed by atoms with Crippen LogP contribution in [0.5, 0.6) is 0 Å². The molecule has 0 radical (unpaired) electrons. The van der Waals surface area contributed by atoms with Crippen LogP contribution in [-0.2, 0) is 38.1 Å². The second-order valence-electron chi connectivity index (χ2n) is 7.56. The molecule has 21 heteroatoms. The molecule has 1 aliphatic rings. The maximum absolute atomic E-state index is 12.4. The van der Waals surface area contributed by atoms with Crippen molar-refractivity contribution in [3.8, 4) is 0 Å². The monoisotopic (exact) mass is 700 g/mol. The number of nitrogens with one attached hydrogen (secondary N) is 1. The minimum atomic E-state index is -5.77. The van der Waals surface area contributed by atoms with Gasteiger partial charge in [-0.2, -0.15) is 8.62 Å². The van der Waals surface area contributed by atoms with Gasteiger partial charge in [-0.05, 0) is 40.3 Å². The number of hydrogen-bond acceptors (Lipinski definition) is 11. The Morgan fingerprint density at radius 1 is 0.973 bits per heavy atom. The number of nitrogens with zero attached hydrogens (tertiary/aromatic N) is 1. The first kappa shape index (κ1) is 30.5. The second kappa shape index (κ2) is 11.6. The number of aliphatic hydroxyl groups is 2. The summed E-state index contributed by atoms with van der Waals surface area (Å²) in [5.41, 5.74) is -1.25. The molecule has 37 heavy (non-hydrogen) atoms. The Bertz CT molecular complexity index is 1390. The molecular weight excluding hydrogens is 680 g/mol. The Labute approximate surface area is 220 Å². The van der Waals surface area contributed by atoms with Crippen molar-refractivity contribution in [3.63, 3.8) is 0 Å². The van der Waals surface area contributed by atoms with Gasteiger partial charge >= 0.3 is 29.2 Å². The third-order valence-corrected chi connectivity index (χ3v) is 9.31. The molecule has 7 N–H and O–H groups in total. The van der Waals surface area contributed by atoms with Crippen LogP contribution in [0, 0.1) is 3.57 Å². The van der Waals surface area contributed by atoms with Crippen molar-refractivity contribution in [2.45, 2.75) is 31.0 Å². The smallest absolute Gasteiger partial charge is 0.387 e. The van der Waals surface area contributed by atoms with Crippen molar-refractivity contribution >= 4 is 46.1 Å². The lowest BCUT2D eigenvalue weighted by Crippen LogP contribution is -2.36. The summed E-state index contributed by atoms with van der Waals surface area (Å²) >= 11 is 2.10. The molecule has 2 aromatic rings. The predicted molar refractivity (Wildman–Crippen MR) is 129 cm³/mol. The van der Waals surface area contributed by atoms with Crippen LogP contribution in [0.25, 0.3) is 0 Å². The summed E-state index contributed by atoms with van der Waals surface area (Å²) in [6.07, 6.45) is -5.60. The summed E-state index contributed by atoms with van der Waals surface area (Å²) in [7, 11) is -16.9. The van der Waals surface area contributed by atoms with Crippen molar-refractivity contribution in [3.05, 3.63) is 66.0 Å². The number of ether oxygens (including phenoxy) is 1. The Morgan fingerprint density at radius 2 is 1.59 bits per heavy atom. The van der Waals surface area contributed by atoms with Gasteiger partial charge in [0.25, 0.3) is 5.56 Å². The number of phosphoric ester groups is 1. The van der Waals surface area contributed by atoms with E-state index >= 15 is 0 Å². The molecule has 17 nitrogen and oxygen atoms in total. The number of phosphoric acid groups is 3. The fourth-order valence-corrected chi connectivity index (χ4v) is 6.64. The van der Waals surface area contributed by atoms with Gasteiger partial charge in [-0.1, -0.05) is 12.1 Å². The quantitative estimate of drug-likeness (QED) is 0.124. The zero-order valence-corrected chi connectivity index (χ0v) is 23.0. The lowest BCUT2D eigenvalue weighted by molar-refractivity contribution is -0.0228. The zero-order valence-electron chi connectivity index (χ0n) is 18.1. The highest BCUT2D eigenvalue weighted by molar-refractivity contribution is 14.1. The van der Waals surface area contributed by atoms with E-state index in [0.717, 1.165) is 14.3 Å². The highest BCUT2D eigenvalue weighted by Gasteiger charge is 2.47. The first-order chi connectivity index (χ1) is 17.0. The molecule has 2 unspecified atom stereocenters. The lowest BCUT2D eigenvalue weighted by atomic mass is 10.0. The summed E-state index contributed by atoms with van der Waals surface area (Å²) in [5.74, 6) is 0. The largest absolute Gasteiger partial charge is 0.490 e. The standard InChI is InChI=1S/C16H20IN2O15P3/c17-9-3-1-8(2-4-9)5-19-6-10(15(22)18-16(19)23)14-13(21)12(20)11(32-14)7-31-36(27,28)34-37(29,30)33-35(24,25)26/h1-4,6,11-14,20-21H,5,7H2,(H,27,28)(H,29,30)(H,18,22,23)(H2,24,25,26)/t11-,12-,13-,14+/m1/s1. The molecule has 2 heterocycles. The molecule has 206 valence electrons. The van der Waals surface area contributed by atoms with E-state index in [2.05, 4.69) is 40.7 Å². The van der Waals surface area contributed by atoms with Gasteiger partial charge in [0, 0.05) is 9.77 Å². The van der Waals surface area contributed by atoms with E-state index < -0.39 is 65.7 Å². The third-order valence-electron chi connectivity index (χ3n) is 4.79. The average Bonchev–Trinajstić information content (AvgIpc) is 3.01. The van der Waals surface area contributed by atoms with E-state index in [1.807, 2.05) is 0 Å². The number of aromatic amines is 1. The maximum atomic E-state index is 12.4. The number of rotatable bonds is 10. The third kappa shape index (κ3) is 8.45. The number of aromatic nitrogens is 2. The number of H-pyrrole nitrogens is 1. The summed E-state index contributed by atoms with van der Waals surface area (Å²) < 4.78 is 53.0. The number of hydrogen-bond donors (Lipinski definition) is 7. The topological polar surface area (TPSA) is 264 Å². The molecule has 1 aromatic carbocycles. The molecule has 0 amide bonds. The van der Waals surface area contributed by atoms with E-state index in [9.17, 15) is 43.3 Å². The van der Waals surface area contributed by atoms with E-state index in [4.69, 9.17) is 14.5 Å². The summed E-state index contributed by atoms with van der Waals surface area (Å²) in [6, 6.07) is 7.11. The van der Waals surface area contributed by atoms with E-state index in [1.165, 1.54) is 0 Å². The summed E-state index contributed by atoms with van der Waals surface area (Å²) in [4.78, 5) is 62.6. The van der Waals surface area contributed by atoms with E-state index in [1.54, 1.807) is 24.3 Å². The van der Waals surface area contributed by atoms with Gasteiger partial charge in [0.05, 0.1) is 18.7 Å². The van der Waals surface area contributed by atoms with Crippen molar-refractivity contribution in [1.82, 2.24) is 9.55 Å². The molecular formula is C16H20IN2O15P3. The first-order valence-electron chi connectivity index (χ1n) is 9.84. The Kier molecular flexibility index (Phi) is 9.53. The highest BCUT2D eigenvalue weighted by atomic mass is 127. The fraction of sp³-hybridized carbons (Fsp3) is 0.375. The molecule has 1 saturated heterocycles. The van der Waals surface area contributed by atoms with Crippen LogP contribution in [0.3, 0.4) is 0 Å². The van der Waals surface area contributed by atoms with Gasteiger partial charge in [0.1, 0.15) is 24.4 Å². The van der Waals surface area contributed by atoms with Gasteiger partial charge in [-0.3, -0.25) is 18.9 Å². The van der Waals surface area contributed by atoms with Gasteiger partial charge < -0.3 is 34.5 Å². The Morgan fingerprint density at radius 3 is 2.19 bits per heavy atom. The molecule has 0 aliphatic carbocycles. The van der Waals surface area contributed by atoms with Crippen LogP contribution in [0.15, 0.2) is 40.1 Å². The van der Waals surface area contributed by atoms with Crippen LogP contribution in [0.4, 0.5) is 0 Å². The Balaban J connectivity index is 1.74. The molecule has 6 atom stereocenters. The predicted octanol–water partition coefficient (Wildman–Crippen LogP) is -0.306. The molecule has 0 spiro atoms. The molecule has 1 fully saturated rings. The van der Waals surface area contributed by atoms with Crippen LogP contribution in [0.2, 0.25) is 0 Å². The number of aliphatic hydroxyl groups excluding tert-OH is 2. The van der Waals surface area contributed by atoms with Crippen LogP contribution < -0.4 is 11.2 Å². The first-order valence-corrected chi connectivity index (χ1v) is 15.4. The van der Waals surface area contributed by atoms with Gasteiger partial charge in [0.2, 0.25) is 0 Å². The number of benzene rings is 1. The minimum absolute atomic E-state index is 0.0420. The summed E-state index contributed by atoms with van der Waals surface area (Å²) in [5, 5.41) is 20.7. The molecule has 1 aliphatic heterocycles. The SMILES string of the molecule is O=c1[nH]c(=O)n(Cc2ccc(I)cc2)cc1[C@@H]1O[C@H](COP(=O)(O)OP(=O)(O)OP(=O)(O)O)[C@@H](O)[C@H]1O. The van der Waals surface area contributed by atoms with Crippen LogP contribution in [0.1, 0.15) is 17.2 Å². The lowest BCUT2D eigenvalue weighted by Gasteiger charge is -2.19. The van der Waals surface area contributed by atoms with Crippen LogP contribution in [-0.4, -0.2) is 64.3 Å². The fourth-order valence-electron chi connectivity index (χ4n) is 3.25. The number of halogens is 1. The normalized spacial score (nSPS) is 25.5. The van der Waals surface area contributed by atoms with Gasteiger partial charge in [-0.15, -0.1) is 0 Å². The van der Waals surface area contributed by atoms with E-state index in [0.29, 0.717) is 5.56 Å². The molecule has 1 aromatic heterocycles. The maximum Gasteiger partial charge on any atom is 0.490 e. The van der Waals surface area contributed by atoms with Gasteiger partial charge in [0.15, 0.2) is 0 Å². The minimum Gasteiger partial charge on any atom is -0.387 e. The molecule has 0 bridgehead atoms. The molecule has 3 rings (SSSR count). The van der Waals surface area contributed by atoms with Crippen molar-refractivity contribution in [2.75, 3.05) is 6.61 Å². The average molecular weight is 700 g/mol. The van der Waals surface area contributed by atoms with E-state index in [-0.39, 0.29) is 12.1 Å². The van der Waals surface area contributed by atoms with Gasteiger partial charge in [-0.25, -0.2) is 18.5 Å². The Hall–Kier alpha value is -1.08. The summed E-state index contributed by atoms with van der Waals surface area (Å²) in [6.45, 7) is -1.01. The van der Waals surface area contributed by atoms with Crippen LogP contribution >= 0.6 is 46.1 Å². The molecule has 0 saturated carbocycles. The second-order valence-corrected chi connectivity index (χ2v) is 13.2. The van der Waals surface area contributed by atoms with Crippen molar-refractivity contribution < 1.29 is 61.4 Å².